The molecule has 1 fully saturated rings. The number of rotatable bonds is 4. The Bertz CT molecular complexity index is 168. The molecule has 3 unspecified atom stereocenters. The van der Waals surface area contributed by atoms with Crippen molar-refractivity contribution >= 4 is 0 Å². The van der Waals surface area contributed by atoms with Crippen LogP contribution in [0.15, 0.2) is 0 Å². The molecule has 14 heavy (non-hydrogen) atoms. The number of likely N-dealkylation sites (tertiary alicyclic amines) is 1. The first kappa shape index (κ1) is 12.0. The lowest BCUT2D eigenvalue weighted by Crippen LogP contribution is -2.44. The van der Waals surface area contributed by atoms with Gasteiger partial charge in [-0.05, 0) is 44.7 Å². The molecule has 2 nitrogen and oxygen atoms in total. The van der Waals surface area contributed by atoms with Crippen molar-refractivity contribution in [2.75, 3.05) is 13.1 Å². The van der Waals surface area contributed by atoms with E-state index in [0.717, 1.165) is 18.5 Å². The molecule has 0 bridgehead atoms. The van der Waals surface area contributed by atoms with Gasteiger partial charge in [0, 0.05) is 12.1 Å². The maximum Gasteiger partial charge on any atom is 0.0122 e. The van der Waals surface area contributed by atoms with Gasteiger partial charge in [-0.3, -0.25) is 4.90 Å². The van der Waals surface area contributed by atoms with Crippen LogP contribution in [0.1, 0.15) is 40.5 Å². The van der Waals surface area contributed by atoms with Gasteiger partial charge < -0.3 is 5.73 Å². The molecular formula is C12H26N2. The van der Waals surface area contributed by atoms with Gasteiger partial charge in [0.25, 0.3) is 0 Å². The quantitative estimate of drug-likeness (QED) is 0.749. The second kappa shape index (κ2) is 5.13. The fourth-order valence-corrected chi connectivity index (χ4v) is 2.56. The molecule has 1 aliphatic rings. The predicted molar refractivity (Wildman–Crippen MR) is 62.2 cm³/mol. The monoisotopic (exact) mass is 198 g/mol. The van der Waals surface area contributed by atoms with Gasteiger partial charge in [0.15, 0.2) is 0 Å². The van der Waals surface area contributed by atoms with Crippen LogP contribution in [0.4, 0.5) is 0 Å². The van der Waals surface area contributed by atoms with E-state index in [0.29, 0.717) is 12.0 Å². The highest BCUT2D eigenvalue weighted by atomic mass is 15.2. The maximum atomic E-state index is 5.74. The summed E-state index contributed by atoms with van der Waals surface area (Å²) >= 11 is 0. The summed E-state index contributed by atoms with van der Waals surface area (Å²) < 4.78 is 0. The van der Waals surface area contributed by atoms with Crippen molar-refractivity contribution in [2.45, 2.75) is 52.6 Å². The molecule has 1 saturated heterocycles. The summed E-state index contributed by atoms with van der Waals surface area (Å²) in [6, 6.07) is 1.44. The second-order valence-corrected chi connectivity index (χ2v) is 5.15. The molecule has 1 rings (SSSR count). The first-order valence-corrected chi connectivity index (χ1v) is 6.03. The van der Waals surface area contributed by atoms with Crippen molar-refractivity contribution < 1.29 is 0 Å². The number of hydrogen-bond acceptors (Lipinski definition) is 2. The molecule has 0 aliphatic carbocycles. The van der Waals surface area contributed by atoms with Crippen molar-refractivity contribution in [3.63, 3.8) is 0 Å². The average molecular weight is 198 g/mol. The van der Waals surface area contributed by atoms with E-state index in [1.807, 2.05) is 0 Å². The molecule has 2 N–H and O–H groups in total. The Balaban J connectivity index is 2.57. The van der Waals surface area contributed by atoms with E-state index in [1.165, 1.54) is 19.4 Å². The minimum Gasteiger partial charge on any atom is -0.330 e. The van der Waals surface area contributed by atoms with Crippen molar-refractivity contribution in [2.24, 2.45) is 17.6 Å². The van der Waals surface area contributed by atoms with E-state index in [2.05, 4.69) is 32.6 Å². The Morgan fingerprint density at radius 3 is 2.43 bits per heavy atom. The van der Waals surface area contributed by atoms with E-state index in [-0.39, 0.29) is 0 Å². The Morgan fingerprint density at radius 2 is 1.93 bits per heavy atom. The van der Waals surface area contributed by atoms with Gasteiger partial charge in [-0.1, -0.05) is 20.8 Å². The number of nitrogens with two attached hydrogens (primary N) is 1. The predicted octanol–water partition coefficient (Wildman–Crippen LogP) is 2.09. The van der Waals surface area contributed by atoms with Crippen molar-refractivity contribution in [1.82, 2.24) is 4.90 Å². The molecule has 0 aromatic heterocycles. The zero-order chi connectivity index (χ0) is 10.7. The third-order valence-electron chi connectivity index (χ3n) is 3.83. The molecule has 1 aliphatic heterocycles. The maximum absolute atomic E-state index is 5.74. The minimum absolute atomic E-state index is 0.620. The highest BCUT2D eigenvalue weighted by Crippen LogP contribution is 2.27. The Hall–Kier alpha value is -0.0800. The standard InChI is InChI=1S/C12H26N2/c1-9(2)12-6-5-7-14(12)11(4)10(3)8-13/h9-12H,5-8,13H2,1-4H3. The molecule has 0 amide bonds. The molecule has 1 heterocycles. The van der Waals surface area contributed by atoms with Gasteiger partial charge in [-0.2, -0.15) is 0 Å². The van der Waals surface area contributed by atoms with Crippen LogP contribution in [0.25, 0.3) is 0 Å². The molecule has 2 heteroatoms. The number of nitrogens with zero attached hydrogens (tertiary/aromatic N) is 1. The summed E-state index contributed by atoms with van der Waals surface area (Å²) in [5.41, 5.74) is 5.74. The number of hydrogen-bond donors (Lipinski definition) is 1. The Kier molecular flexibility index (Phi) is 4.39. The third kappa shape index (κ3) is 2.48. The lowest BCUT2D eigenvalue weighted by atomic mass is 9.97. The molecular weight excluding hydrogens is 172 g/mol. The lowest BCUT2D eigenvalue weighted by molar-refractivity contribution is 0.122. The van der Waals surface area contributed by atoms with Crippen LogP contribution in [0.2, 0.25) is 0 Å². The summed E-state index contributed by atoms with van der Waals surface area (Å²) in [5, 5.41) is 0. The largest absolute Gasteiger partial charge is 0.330 e. The summed E-state index contributed by atoms with van der Waals surface area (Å²) in [7, 11) is 0. The van der Waals surface area contributed by atoms with E-state index in [1.54, 1.807) is 0 Å². The molecule has 0 radical (unpaired) electrons. The van der Waals surface area contributed by atoms with Crippen LogP contribution in [0, 0.1) is 11.8 Å². The topological polar surface area (TPSA) is 29.3 Å². The zero-order valence-electron chi connectivity index (χ0n) is 10.2. The van der Waals surface area contributed by atoms with Gasteiger partial charge in [0.2, 0.25) is 0 Å². The average Bonchev–Trinajstić information content (AvgIpc) is 2.63. The van der Waals surface area contributed by atoms with Gasteiger partial charge in [0.1, 0.15) is 0 Å². The summed E-state index contributed by atoms with van der Waals surface area (Å²) in [5.74, 6) is 1.40. The Morgan fingerprint density at radius 1 is 1.29 bits per heavy atom. The molecule has 3 atom stereocenters. The van der Waals surface area contributed by atoms with E-state index in [4.69, 9.17) is 5.73 Å². The first-order chi connectivity index (χ1) is 6.57. The molecule has 0 aromatic rings. The lowest BCUT2D eigenvalue weighted by Gasteiger charge is -2.36. The molecule has 0 saturated carbocycles. The highest BCUT2D eigenvalue weighted by molar-refractivity contribution is 4.86. The fourth-order valence-electron chi connectivity index (χ4n) is 2.56. The van der Waals surface area contributed by atoms with Gasteiger partial charge in [0.05, 0.1) is 0 Å². The second-order valence-electron chi connectivity index (χ2n) is 5.15. The van der Waals surface area contributed by atoms with Crippen molar-refractivity contribution in [3.05, 3.63) is 0 Å². The highest BCUT2D eigenvalue weighted by Gasteiger charge is 2.32. The first-order valence-electron chi connectivity index (χ1n) is 6.03. The summed E-state index contributed by atoms with van der Waals surface area (Å²) in [6.45, 7) is 11.3. The van der Waals surface area contributed by atoms with Crippen LogP contribution in [-0.2, 0) is 0 Å². The van der Waals surface area contributed by atoms with Crippen LogP contribution in [0.5, 0.6) is 0 Å². The van der Waals surface area contributed by atoms with Crippen LogP contribution >= 0.6 is 0 Å². The molecule has 0 aromatic carbocycles. The Labute approximate surface area is 88.8 Å². The summed E-state index contributed by atoms with van der Waals surface area (Å²) in [4.78, 5) is 2.67. The van der Waals surface area contributed by atoms with Crippen LogP contribution in [0.3, 0.4) is 0 Å². The third-order valence-corrected chi connectivity index (χ3v) is 3.83. The van der Waals surface area contributed by atoms with Crippen molar-refractivity contribution in [1.29, 1.82) is 0 Å². The SMILES string of the molecule is CC(C)C1CCCN1C(C)C(C)CN. The van der Waals surface area contributed by atoms with E-state index < -0.39 is 0 Å². The van der Waals surface area contributed by atoms with Crippen LogP contribution < -0.4 is 5.73 Å². The fraction of sp³-hybridized carbons (Fsp3) is 1.00. The molecule has 84 valence electrons. The zero-order valence-corrected chi connectivity index (χ0v) is 10.2. The van der Waals surface area contributed by atoms with Gasteiger partial charge in [-0.25, -0.2) is 0 Å². The normalized spacial score (nSPS) is 28.3. The van der Waals surface area contributed by atoms with Gasteiger partial charge in [-0.15, -0.1) is 0 Å². The van der Waals surface area contributed by atoms with Gasteiger partial charge >= 0.3 is 0 Å². The van der Waals surface area contributed by atoms with E-state index in [9.17, 15) is 0 Å². The van der Waals surface area contributed by atoms with E-state index >= 15 is 0 Å². The summed E-state index contributed by atoms with van der Waals surface area (Å²) in [6.07, 6.45) is 2.74. The molecule has 0 spiro atoms. The van der Waals surface area contributed by atoms with Crippen molar-refractivity contribution in [3.8, 4) is 0 Å². The van der Waals surface area contributed by atoms with Crippen LogP contribution in [-0.4, -0.2) is 30.1 Å². The minimum atomic E-state index is 0.620. The smallest absolute Gasteiger partial charge is 0.0122 e.